The fourth-order valence-corrected chi connectivity index (χ4v) is 3.71. The molecule has 2 aliphatic heterocycles. The SMILES string of the molecule is C=CC1=C(C=C)CN(CC(C)O)CC1.NC(=O)N1CCCc2ccccc2C1. The van der Waals surface area contributed by atoms with Crippen molar-refractivity contribution < 1.29 is 9.90 Å². The summed E-state index contributed by atoms with van der Waals surface area (Å²) in [5, 5.41) is 9.28. The third kappa shape index (κ3) is 6.36. The van der Waals surface area contributed by atoms with Crippen LogP contribution in [0.5, 0.6) is 0 Å². The highest BCUT2D eigenvalue weighted by Gasteiger charge is 2.17. The Bertz CT molecular complexity index is 724. The molecule has 5 heteroatoms. The van der Waals surface area contributed by atoms with Crippen LogP contribution >= 0.6 is 0 Å². The van der Waals surface area contributed by atoms with E-state index >= 15 is 0 Å². The zero-order chi connectivity index (χ0) is 20.5. The molecule has 5 nitrogen and oxygen atoms in total. The van der Waals surface area contributed by atoms with Crippen LogP contribution < -0.4 is 5.73 Å². The van der Waals surface area contributed by atoms with E-state index in [4.69, 9.17) is 5.73 Å². The second-order valence-corrected chi connectivity index (χ2v) is 7.42. The number of aliphatic hydroxyl groups excluding tert-OH is 1. The number of nitrogens with two attached hydrogens (primary N) is 1. The van der Waals surface area contributed by atoms with E-state index in [2.05, 4.69) is 30.2 Å². The van der Waals surface area contributed by atoms with Crippen molar-refractivity contribution in [2.75, 3.05) is 26.2 Å². The summed E-state index contributed by atoms with van der Waals surface area (Å²) < 4.78 is 0. The number of benzene rings is 1. The Balaban J connectivity index is 0.000000200. The largest absolute Gasteiger partial charge is 0.392 e. The number of allylic oxidation sites excluding steroid dienone is 1. The van der Waals surface area contributed by atoms with E-state index in [1.165, 1.54) is 22.3 Å². The number of primary amides is 1. The van der Waals surface area contributed by atoms with Gasteiger partial charge >= 0.3 is 6.03 Å². The van der Waals surface area contributed by atoms with E-state index in [9.17, 15) is 9.90 Å². The topological polar surface area (TPSA) is 69.8 Å². The van der Waals surface area contributed by atoms with Gasteiger partial charge in [-0.05, 0) is 48.5 Å². The summed E-state index contributed by atoms with van der Waals surface area (Å²) in [6.45, 7) is 13.5. The second kappa shape index (κ2) is 10.8. The number of aryl methyl sites for hydroxylation is 1. The summed E-state index contributed by atoms with van der Waals surface area (Å²) >= 11 is 0. The van der Waals surface area contributed by atoms with E-state index in [1.807, 2.05) is 31.2 Å². The van der Waals surface area contributed by atoms with Crippen molar-refractivity contribution in [3.63, 3.8) is 0 Å². The molecule has 28 heavy (non-hydrogen) atoms. The summed E-state index contributed by atoms with van der Waals surface area (Å²) in [7, 11) is 0. The molecular formula is C23H33N3O2. The van der Waals surface area contributed by atoms with Gasteiger partial charge in [0.25, 0.3) is 0 Å². The van der Waals surface area contributed by atoms with Crippen LogP contribution in [0.4, 0.5) is 4.79 Å². The highest BCUT2D eigenvalue weighted by molar-refractivity contribution is 5.72. The van der Waals surface area contributed by atoms with Crippen molar-refractivity contribution >= 4 is 6.03 Å². The molecule has 0 bridgehead atoms. The molecule has 1 unspecified atom stereocenters. The average Bonchev–Trinajstić information content (AvgIpc) is 2.90. The molecule has 0 aromatic heterocycles. The number of rotatable bonds is 4. The molecule has 1 atom stereocenters. The normalized spacial score (nSPS) is 18.3. The number of nitrogens with zero attached hydrogens (tertiary/aromatic N) is 2. The van der Waals surface area contributed by atoms with Gasteiger partial charge in [-0.3, -0.25) is 4.90 Å². The van der Waals surface area contributed by atoms with Crippen LogP contribution in [0.3, 0.4) is 0 Å². The van der Waals surface area contributed by atoms with Gasteiger partial charge in [0.1, 0.15) is 0 Å². The van der Waals surface area contributed by atoms with E-state index in [0.717, 1.165) is 45.4 Å². The molecule has 0 saturated carbocycles. The number of hydrogen-bond donors (Lipinski definition) is 2. The fraction of sp³-hybridized carbons (Fsp3) is 0.435. The lowest BCUT2D eigenvalue weighted by Crippen LogP contribution is -2.36. The molecule has 0 saturated heterocycles. The molecule has 3 N–H and O–H groups in total. The number of β-amino-alcohol motifs (C(OH)–C–C–N with tert-alkyl or cyclic N) is 1. The smallest absolute Gasteiger partial charge is 0.315 e. The molecular weight excluding hydrogens is 350 g/mol. The van der Waals surface area contributed by atoms with Gasteiger partial charge in [-0.1, -0.05) is 49.6 Å². The van der Waals surface area contributed by atoms with Gasteiger partial charge in [0.2, 0.25) is 0 Å². The third-order valence-corrected chi connectivity index (χ3v) is 5.18. The summed E-state index contributed by atoms with van der Waals surface area (Å²) in [6, 6.07) is 7.92. The number of fused-ring (bicyclic) bond motifs is 1. The van der Waals surface area contributed by atoms with Crippen LogP contribution in [0.2, 0.25) is 0 Å². The maximum Gasteiger partial charge on any atom is 0.315 e. The van der Waals surface area contributed by atoms with E-state index in [1.54, 1.807) is 4.90 Å². The predicted molar refractivity (Wildman–Crippen MR) is 115 cm³/mol. The zero-order valence-electron chi connectivity index (χ0n) is 16.9. The first-order valence-corrected chi connectivity index (χ1v) is 9.93. The van der Waals surface area contributed by atoms with Gasteiger partial charge in [0.15, 0.2) is 0 Å². The first kappa shape index (κ1) is 21.9. The minimum Gasteiger partial charge on any atom is -0.392 e. The van der Waals surface area contributed by atoms with Gasteiger partial charge in [-0.2, -0.15) is 0 Å². The summed E-state index contributed by atoms with van der Waals surface area (Å²) in [5.41, 5.74) is 10.4. The van der Waals surface area contributed by atoms with Crippen molar-refractivity contribution in [2.24, 2.45) is 5.73 Å². The van der Waals surface area contributed by atoms with Crippen LogP contribution in [-0.2, 0) is 13.0 Å². The summed E-state index contributed by atoms with van der Waals surface area (Å²) in [5.74, 6) is 0. The Morgan fingerprint density at radius 2 is 1.82 bits per heavy atom. The lowest BCUT2D eigenvalue weighted by molar-refractivity contribution is 0.130. The van der Waals surface area contributed by atoms with Crippen molar-refractivity contribution in [3.05, 3.63) is 71.8 Å². The van der Waals surface area contributed by atoms with Gasteiger partial charge in [0.05, 0.1) is 6.10 Å². The average molecular weight is 384 g/mol. The quantitative estimate of drug-likeness (QED) is 0.838. The number of carbonyl (C=O) groups excluding carboxylic acids is 1. The molecule has 0 aliphatic carbocycles. The van der Waals surface area contributed by atoms with Crippen molar-refractivity contribution in [1.82, 2.24) is 9.80 Å². The molecule has 1 aromatic carbocycles. The first-order chi connectivity index (χ1) is 13.4. The maximum absolute atomic E-state index is 11.1. The standard InChI is InChI=1S/C12H19NO.C11H14N2O/c1-4-11-6-7-13(8-10(3)14)9-12(11)5-2;12-11(14)13-7-3-6-9-4-1-2-5-10(9)8-13/h4-5,10,14H,1-2,6-9H2,3H3;1-2,4-5H,3,6-8H2,(H2,12,14). The lowest BCUT2D eigenvalue weighted by Gasteiger charge is -2.29. The Kier molecular flexibility index (Phi) is 8.48. The second-order valence-electron chi connectivity index (χ2n) is 7.42. The van der Waals surface area contributed by atoms with Gasteiger partial charge < -0.3 is 15.7 Å². The molecule has 0 fully saturated rings. The molecule has 152 valence electrons. The number of hydrogen-bond acceptors (Lipinski definition) is 3. The number of urea groups is 1. The summed E-state index contributed by atoms with van der Waals surface area (Å²) in [4.78, 5) is 15.0. The zero-order valence-corrected chi connectivity index (χ0v) is 16.9. The number of carbonyl (C=O) groups is 1. The first-order valence-electron chi connectivity index (χ1n) is 9.93. The van der Waals surface area contributed by atoms with E-state index < -0.39 is 0 Å². The molecule has 2 aliphatic rings. The molecule has 0 spiro atoms. The minimum atomic E-state index is -0.318. The Morgan fingerprint density at radius 1 is 1.14 bits per heavy atom. The lowest BCUT2D eigenvalue weighted by atomic mass is 10.00. The number of amides is 2. The predicted octanol–water partition coefficient (Wildman–Crippen LogP) is 3.26. The Labute approximate surface area is 168 Å². The van der Waals surface area contributed by atoms with Crippen molar-refractivity contribution in [3.8, 4) is 0 Å². The molecule has 1 aromatic rings. The van der Waals surface area contributed by atoms with Gasteiger partial charge in [0, 0.05) is 32.7 Å². The molecule has 2 heterocycles. The van der Waals surface area contributed by atoms with E-state index in [0.29, 0.717) is 6.54 Å². The number of aliphatic hydroxyl groups is 1. The van der Waals surface area contributed by atoms with Gasteiger partial charge in [-0.15, -0.1) is 0 Å². The maximum atomic E-state index is 11.1. The molecule has 3 rings (SSSR count). The van der Waals surface area contributed by atoms with Gasteiger partial charge in [-0.25, -0.2) is 4.79 Å². The Morgan fingerprint density at radius 3 is 2.43 bits per heavy atom. The van der Waals surface area contributed by atoms with Crippen molar-refractivity contribution in [2.45, 2.75) is 38.8 Å². The summed E-state index contributed by atoms with van der Waals surface area (Å²) in [6.07, 6.45) is 6.60. The molecule has 2 amide bonds. The van der Waals surface area contributed by atoms with Crippen LogP contribution in [-0.4, -0.2) is 53.2 Å². The molecule has 0 radical (unpaired) electrons. The highest BCUT2D eigenvalue weighted by atomic mass is 16.3. The van der Waals surface area contributed by atoms with E-state index in [-0.39, 0.29) is 12.1 Å². The van der Waals surface area contributed by atoms with Crippen LogP contribution in [0.15, 0.2) is 60.7 Å². The van der Waals surface area contributed by atoms with Crippen LogP contribution in [0.1, 0.15) is 30.9 Å². The van der Waals surface area contributed by atoms with Crippen LogP contribution in [0.25, 0.3) is 0 Å². The fourth-order valence-electron chi connectivity index (χ4n) is 3.71. The third-order valence-electron chi connectivity index (χ3n) is 5.18. The van der Waals surface area contributed by atoms with Crippen molar-refractivity contribution in [1.29, 1.82) is 0 Å². The monoisotopic (exact) mass is 383 g/mol. The Hall–Kier alpha value is -2.37. The van der Waals surface area contributed by atoms with Crippen LogP contribution in [0, 0.1) is 0 Å². The highest BCUT2D eigenvalue weighted by Crippen LogP contribution is 2.19. The minimum absolute atomic E-state index is 0.258.